The smallest absolute Gasteiger partial charge is 0.0826 e. The second-order valence-electron chi connectivity index (χ2n) is 2.97. The first-order chi connectivity index (χ1) is 5.27. The fraction of sp³-hybridized carbons (Fsp3) is 0.500. The lowest BCUT2D eigenvalue weighted by atomic mass is 10.1. The van der Waals surface area contributed by atoms with Gasteiger partial charge in [-0.05, 0) is 58.4 Å². The Balaban J connectivity index is 2.14. The number of hydrogen-bond donors (Lipinski definition) is 1. The van der Waals surface area contributed by atoms with Crippen molar-refractivity contribution in [1.29, 1.82) is 0 Å². The first-order valence-electron chi connectivity index (χ1n) is 3.69. The van der Waals surface area contributed by atoms with Gasteiger partial charge in [0, 0.05) is 0 Å². The van der Waals surface area contributed by atoms with Gasteiger partial charge in [-0.3, -0.25) is 0 Å². The summed E-state index contributed by atoms with van der Waals surface area (Å²) in [7, 11) is 0. The van der Waals surface area contributed by atoms with Crippen LogP contribution in [0.5, 0.6) is 0 Å². The second kappa shape index (κ2) is 3.03. The van der Waals surface area contributed by atoms with E-state index in [0.29, 0.717) is 5.92 Å². The summed E-state index contributed by atoms with van der Waals surface area (Å²) in [6.45, 7) is 0. The number of aliphatic hydroxyl groups excluding tert-OH is 1. The molecule has 2 rings (SSSR count). The van der Waals surface area contributed by atoms with Crippen molar-refractivity contribution in [1.82, 2.24) is 0 Å². The van der Waals surface area contributed by atoms with Crippen LogP contribution in [0.4, 0.5) is 0 Å². The van der Waals surface area contributed by atoms with E-state index in [1.54, 1.807) is 11.3 Å². The molecule has 0 bridgehead atoms. The third kappa shape index (κ3) is 1.76. The van der Waals surface area contributed by atoms with Crippen molar-refractivity contribution in [2.45, 2.75) is 18.9 Å². The first kappa shape index (κ1) is 8.01. The molecule has 1 aliphatic rings. The molecule has 1 atom stereocenters. The van der Waals surface area contributed by atoms with Crippen molar-refractivity contribution in [2.24, 2.45) is 5.92 Å². The quantitative estimate of drug-likeness (QED) is 0.826. The van der Waals surface area contributed by atoms with E-state index in [4.69, 9.17) is 0 Å². The zero-order valence-electron chi connectivity index (χ0n) is 5.96. The van der Waals surface area contributed by atoms with Gasteiger partial charge in [0.1, 0.15) is 0 Å². The Morgan fingerprint density at radius 2 is 2.36 bits per heavy atom. The standard InChI is InChI=1S/C8H9IOS/c9-7-3-6(4-11-7)8(10)5-1-2-5/h3-5,8,10H,1-2H2. The molecule has 60 valence electrons. The van der Waals surface area contributed by atoms with Crippen LogP contribution >= 0.6 is 33.9 Å². The highest BCUT2D eigenvalue weighted by Gasteiger charge is 2.31. The molecule has 1 aromatic heterocycles. The average Bonchev–Trinajstić information content (AvgIpc) is 2.74. The van der Waals surface area contributed by atoms with Gasteiger partial charge in [-0.15, -0.1) is 11.3 Å². The minimum Gasteiger partial charge on any atom is -0.388 e. The summed E-state index contributed by atoms with van der Waals surface area (Å²) in [4.78, 5) is 0. The van der Waals surface area contributed by atoms with Crippen LogP contribution in [-0.2, 0) is 0 Å². The van der Waals surface area contributed by atoms with Crippen molar-refractivity contribution in [3.05, 3.63) is 19.9 Å². The van der Waals surface area contributed by atoms with Crippen LogP contribution in [0.25, 0.3) is 0 Å². The second-order valence-corrected chi connectivity index (χ2v) is 5.77. The monoisotopic (exact) mass is 280 g/mol. The largest absolute Gasteiger partial charge is 0.388 e. The van der Waals surface area contributed by atoms with Crippen molar-refractivity contribution >= 4 is 33.9 Å². The molecule has 0 radical (unpaired) electrons. The highest BCUT2D eigenvalue weighted by Crippen LogP contribution is 2.41. The molecule has 1 unspecified atom stereocenters. The van der Waals surface area contributed by atoms with Crippen LogP contribution in [0.3, 0.4) is 0 Å². The molecule has 11 heavy (non-hydrogen) atoms. The van der Waals surface area contributed by atoms with E-state index in [0.717, 1.165) is 5.56 Å². The van der Waals surface area contributed by atoms with Crippen LogP contribution in [-0.4, -0.2) is 5.11 Å². The number of rotatable bonds is 2. The van der Waals surface area contributed by atoms with Crippen LogP contribution < -0.4 is 0 Å². The van der Waals surface area contributed by atoms with Gasteiger partial charge in [0.25, 0.3) is 0 Å². The minimum atomic E-state index is -0.185. The molecule has 3 heteroatoms. The minimum absolute atomic E-state index is 0.185. The number of halogens is 1. The summed E-state index contributed by atoms with van der Waals surface area (Å²) in [6.07, 6.45) is 2.22. The van der Waals surface area contributed by atoms with Crippen molar-refractivity contribution in [3.63, 3.8) is 0 Å². The molecule has 1 heterocycles. The maximum absolute atomic E-state index is 9.68. The van der Waals surface area contributed by atoms with Gasteiger partial charge in [-0.25, -0.2) is 0 Å². The maximum atomic E-state index is 9.68. The summed E-state index contributed by atoms with van der Waals surface area (Å²) in [5, 5.41) is 11.7. The van der Waals surface area contributed by atoms with Crippen molar-refractivity contribution in [3.8, 4) is 0 Å². The fourth-order valence-corrected chi connectivity index (χ4v) is 2.56. The zero-order chi connectivity index (χ0) is 7.84. The Morgan fingerprint density at radius 1 is 1.64 bits per heavy atom. The molecule has 0 saturated heterocycles. The summed E-state index contributed by atoms with van der Waals surface area (Å²) in [5.74, 6) is 0.556. The Bertz CT molecular complexity index is 254. The summed E-state index contributed by atoms with van der Waals surface area (Å²) in [6, 6.07) is 2.08. The van der Waals surface area contributed by atoms with E-state index in [9.17, 15) is 5.11 Å². The van der Waals surface area contributed by atoms with Crippen molar-refractivity contribution in [2.75, 3.05) is 0 Å². The number of thiophene rings is 1. The molecule has 0 spiro atoms. The molecular weight excluding hydrogens is 271 g/mol. The molecule has 1 fully saturated rings. The van der Waals surface area contributed by atoms with Gasteiger partial charge in [-0.1, -0.05) is 0 Å². The van der Waals surface area contributed by atoms with E-state index >= 15 is 0 Å². The third-order valence-corrected chi connectivity index (χ3v) is 3.81. The first-order valence-corrected chi connectivity index (χ1v) is 5.65. The highest BCUT2D eigenvalue weighted by molar-refractivity contribution is 14.1. The molecule has 0 aromatic carbocycles. The molecule has 1 N–H and O–H groups in total. The van der Waals surface area contributed by atoms with E-state index in [2.05, 4.69) is 34.0 Å². The van der Waals surface area contributed by atoms with Gasteiger partial charge in [0.15, 0.2) is 0 Å². The normalized spacial score (nSPS) is 20.2. The maximum Gasteiger partial charge on any atom is 0.0826 e. The predicted molar refractivity (Wildman–Crippen MR) is 54.7 cm³/mol. The Kier molecular flexibility index (Phi) is 2.21. The predicted octanol–water partition coefficient (Wildman–Crippen LogP) is 2.80. The van der Waals surface area contributed by atoms with Crippen LogP contribution in [0.1, 0.15) is 24.5 Å². The fourth-order valence-electron chi connectivity index (χ4n) is 1.16. The zero-order valence-corrected chi connectivity index (χ0v) is 8.93. The van der Waals surface area contributed by atoms with Gasteiger partial charge in [-0.2, -0.15) is 0 Å². The third-order valence-electron chi connectivity index (χ3n) is 2.00. The average molecular weight is 280 g/mol. The van der Waals surface area contributed by atoms with Crippen molar-refractivity contribution < 1.29 is 5.11 Å². The van der Waals surface area contributed by atoms with Gasteiger partial charge in [0.2, 0.25) is 0 Å². The van der Waals surface area contributed by atoms with E-state index in [-0.39, 0.29) is 6.10 Å². The Hall–Kier alpha value is 0.390. The molecule has 1 aliphatic carbocycles. The van der Waals surface area contributed by atoms with Crippen LogP contribution in [0.2, 0.25) is 0 Å². The molecular formula is C8H9IOS. The molecule has 1 saturated carbocycles. The summed E-state index contributed by atoms with van der Waals surface area (Å²) >= 11 is 3.99. The molecule has 1 nitrogen and oxygen atoms in total. The lowest BCUT2D eigenvalue weighted by Gasteiger charge is -2.04. The summed E-state index contributed by atoms with van der Waals surface area (Å²) < 4.78 is 1.26. The Morgan fingerprint density at radius 3 is 2.82 bits per heavy atom. The number of aliphatic hydroxyl groups is 1. The van der Waals surface area contributed by atoms with Crippen LogP contribution in [0, 0.1) is 8.80 Å². The summed E-state index contributed by atoms with van der Waals surface area (Å²) in [5.41, 5.74) is 1.11. The Labute approximate surface area is 83.6 Å². The number of hydrogen-bond acceptors (Lipinski definition) is 2. The highest BCUT2D eigenvalue weighted by atomic mass is 127. The van der Waals surface area contributed by atoms with Gasteiger partial charge < -0.3 is 5.11 Å². The van der Waals surface area contributed by atoms with E-state index in [1.165, 1.54) is 15.7 Å². The van der Waals surface area contributed by atoms with Gasteiger partial charge >= 0.3 is 0 Å². The van der Waals surface area contributed by atoms with E-state index in [1.807, 2.05) is 0 Å². The van der Waals surface area contributed by atoms with E-state index < -0.39 is 0 Å². The topological polar surface area (TPSA) is 20.2 Å². The lowest BCUT2D eigenvalue weighted by molar-refractivity contribution is 0.154. The SMILES string of the molecule is OC(c1csc(I)c1)C1CC1. The molecule has 0 aliphatic heterocycles. The molecule has 0 amide bonds. The van der Waals surface area contributed by atoms with Crippen LogP contribution in [0.15, 0.2) is 11.4 Å². The lowest BCUT2D eigenvalue weighted by Crippen LogP contribution is -1.96. The molecule has 1 aromatic rings. The van der Waals surface area contributed by atoms with Gasteiger partial charge in [0.05, 0.1) is 8.99 Å².